The Labute approximate surface area is 133 Å². The first kappa shape index (κ1) is 18.4. The van der Waals surface area contributed by atoms with Crippen molar-refractivity contribution < 1.29 is 19.1 Å². The zero-order chi connectivity index (χ0) is 16.9. The molecule has 0 aromatic heterocycles. The van der Waals surface area contributed by atoms with Crippen molar-refractivity contribution in [1.82, 2.24) is 5.32 Å². The zero-order valence-corrected chi connectivity index (χ0v) is 13.5. The van der Waals surface area contributed by atoms with E-state index in [4.69, 9.17) is 11.6 Å². The number of carbonyl (C=O) groups is 2. The molecule has 2 atom stereocenters. The van der Waals surface area contributed by atoms with Gasteiger partial charge in [0, 0.05) is 6.54 Å². The normalized spacial score (nSPS) is 14.8. The van der Waals surface area contributed by atoms with Crippen LogP contribution in [0.25, 0.3) is 0 Å². The number of aliphatic hydroxyl groups is 1. The average molecular weight is 331 g/mol. The first-order valence-electron chi connectivity index (χ1n) is 6.94. The number of amides is 2. The standard InChI is InChI=1S/C15H20ClFN2O3/c1-4-9(2)15(3,22)8-18-13(20)14(21)19-12-6-5-10(17)7-11(12)16/h5-7,9,22H,4,8H2,1-3H3,(H,18,20)(H,19,21). The average Bonchev–Trinajstić information content (AvgIpc) is 2.46. The van der Waals surface area contributed by atoms with Crippen LogP contribution < -0.4 is 10.6 Å². The topological polar surface area (TPSA) is 78.4 Å². The van der Waals surface area contributed by atoms with E-state index in [0.717, 1.165) is 18.6 Å². The van der Waals surface area contributed by atoms with E-state index in [0.29, 0.717) is 0 Å². The Morgan fingerprint density at radius 2 is 2.05 bits per heavy atom. The fraction of sp³-hybridized carbons (Fsp3) is 0.467. The minimum absolute atomic E-state index is 0.00671. The van der Waals surface area contributed by atoms with Gasteiger partial charge in [-0.3, -0.25) is 9.59 Å². The van der Waals surface area contributed by atoms with E-state index in [1.807, 2.05) is 13.8 Å². The third-order valence-corrected chi connectivity index (χ3v) is 3.98. The van der Waals surface area contributed by atoms with E-state index < -0.39 is 23.2 Å². The van der Waals surface area contributed by atoms with Gasteiger partial charge in [-0.05, 0) is 31.0 Å². The predicted molar refractivity (Wildman–Crippen MR) is 83.1 cm³/mol. The van der Waals surface area contributed by atoms with E-state index in [2.05, 4.69) is 10.6 Å². The van der Waals surface area contributed by atoms with Crippen LogP contribution in [-0.2, 0) is 9.59 Å². The number of anilines is 1. The third-order valence-electron chi connectivity index (χ3n) is 3.67. The second-order valence-corrected chi connectivity index (χ2v) is 5.83. The first-order valence-corrected chi connectivity index (χ1v) is 7.31. The molecule has 2 unspecified atom stereocenters. The number of rotatable bonds is 5. The molecule has 0 saturated carbocycles. The van der Waals surface area contributed by atoms with Gasteiger partial charge in [0.2, 0.25) is 0 Å². The molecule has 1 aromatic carbocycles. The van der Waals surface area contributed by atoms with Crippen LogP contribution in [-0.4, -0.2) is 29.1 Å². The smallest absolute Gasteiger partial charge is 0.313 e. The SMILES string of the molecule is CCC(C)C(C)(O)CNC(=O)C(=O)Nc1ccc(F)cc1Cl. The maximum Gasteiger partial charge on any atom is 0.313 e. The summed E-state index contributed by atoms with van der Waals surface area (Å²) in [5.41, 5.74) is -0.977. The molecule has 0 radical (unpaired) electrons. The van der Waals surface area contributed by atoms with Gasteiger partial charge in [-0.25, -0.2) is 4.39 Å². The molecule has 0 spiro atoms. The molecule has 0 aliphatic carbocycles. The van der Waals surface area contributed by atoms with E-state index in [9.17, 15) is 19.1 Å². The maximum absolute atomic E-state index is 12.9. The molecule has 122 valence electrons. The van der Waals surface area contributed by atoms with E-state index in [1.165, 1.54) is 6.07 Å². The van der Waals surface area contributed by atoms with Gasteiger partial charge in [0.25, 0.3) is 0 Å². The lowest BCUT2D eigenvalue weighted by atomic mass is 9.89. The Morgan fingerprint density at radius 1 is 1.41 bits per heavy atom. The molecular formula is C15H20ClFN2O3. The minimum atomic E-state index is -1.11. The third kappa shape index (κ3) is 4.96. The summed E-state index contributed by atoms with van der Waals surface area (Å²) in [6, 6.07) is 3.41. The fourth-order valence-corrected chi connectivity index (χ4v) is 1.94. The maximum atomic E-state index is 12.9. The lowest BCUT2D eigenvalue weighted by molar-refractivity contribution is -0.137. The van der Waals surface area contributed by atoms with Crippen molar-refractivity contribution in [2.75, 3.05) is 11.9 Å². The van der Waals surface area contributed by atoms with Crippen molar-refractivity contribution in [2.45, 2.75) is 32.8 Å². The Hall–Kier alpha value is -1.66. The van der Waals surface area contributed by atoms with Crippen LogP contribution in [0.4, 0.5) is 10.1 Å². The van der Waals surface area contributed by atoms with Crippen molar-refractivity contribution in [3.63, 3.8) is 0 Å². The molecule has 0 bridgehead atoms. The molecule has 5 nitrogen and oxygen atoms in total. The highest BCUT2D eigenvalue weighted by Gasteiger charge is 2.28. The van der Waals surface area contributed by atoms with Crippen LogP contribution in [0.2, 0.25) is 5.02 Å². The van der Waals surface area contributed by atoms with Crippen molar-refractivity contribution >= 4 is 29.1 Å². The molecule has 0 aliphatic rings. The van der Waals surface area contributed by atoms with Gasteiger partial charge < -0.3 is 15.7 Å². The molecule has 0 aliphatic heterocycles. The summed E-state index contributed by atoms with van der Waals surface area (Å²) in [6.07, 6.45) is 0.736. The van der Waals surface area contributed by atoms with Gasteiger partial charge in [0.1, 0.15) is 5.82 Å². The van der Waals surface area contributed by atoms with Crippen molar-refractivity contribution in [3.8, 4) is 0 Å². The Kier molecular flexibility index (Phi) is 6.32. The molecule has 0 heterocycles. The molecule has 3 N–H and O–H groups in total. The summed E-state index contributed by atoms with van der Waals surface area (Å²) in [4.78, 5) is 23.5. The van der Waals surface area contributed by atoms with Crippen LogP contribution in [0.15, 0.2) is 18.2 Å². The van der Waals surface area contributed by atoms with Gasteiger partial charge in [-0.15, -0.1) is 0 Å². The number of carbonyl (C=O) groups excluding carboxylic acids is 2. The molecule has 22 heavy (non-hydrogen) atoms. The zero-order valence-electron chi connectivity index (χ0n) is 12.7. The van der Waals surface area contributed by atoms with Gasteiger partial charge in [-0.2, -0.15) is 0 Å². The van der Waals surface area contributed by atoms with Crippen LogP contribution in [0.1, 0.15) is 27.2 Å². The largest absolute Gasteiger partial charge is 0.388 e. The van der Waals surface area contributed by atoms with Gasteiger partial charge in [0.15, 0.2) is 0 Å². The Bertz CT molecular complexity index is 564. The van der Waals surface area contributed by atoms with Crippen molar-refractivity contribution in [1.29, 1.82) is 0 Å². The highest BCUT2D eigenvalue weighted by Crippen LogP contribution is 2.22. The van der Waals surface area contributed by atoms with Crippen molar-refractivity contribution in [2.24, 2.45) is 5.92 Å². The predicted octanol–water partition coefficient (Wildman–Crippen LogP) is 2.33. The lowest BCUT2D eigenvalue weighted by Crippen LogP contribution is -2.47. The number of hydrogen-bond acceptors (Lipinski definition) is 3. The van der Waals surface area contributed by atoms with Crippen molar-refractivity contribution in [3.05, 3.63) is 29.0 Å². The van der Waals surface area contributed by atoms with Crippen LogP contribution in [0.5, 0.6) is 0 Å². The van der Waals surface area contributed by atoms with Gasteiger partial charge in [0.05, 0.1) is 16.3 Å². The second kappa shape index (κ2) is 7.56. The summed E-state index contributed by atoms with van der Waals surface area (Å²) >= 11 is 5.76. The van der Waals surface area contributed by atoms with Gasteiger partial charge in [-0.1, -0.05) is 31.9 Å². The molecule has 1 rings (SSSR count). The van der Waals surface area contributed by atoms with Crippen LogP contribution in [0, 0.1) is 11.7 Å². The number of halogens is 2. The number of nitrogens with one attached hydrogen (secondary N) is 2. The lowest BCUT2D eigenvalue weighted by Gasteiger charge is -2.29. The first-order chi connectivity index (χ1) is 10.2. The summed E-state index contributed by atoms with van der Waals surface area (Å²) in [7, 11) is 0. The molecule has 0 saturated heterocycles. The van der Waals surface area contributed by atoms with E-state index >= 15 is 0 Å². The Morgan fingerprint density at radius 3 is 2.59 bits per heavy atom. The number of benzene rings is 1. The molecule has 7 heteroatoms. The van der Waals surface area contributed by atoms with Crippen LogP contribution >= 0.6 is 11.6 Å². The monoisotopic (exact) mass is 330 g/mol. The molecule has 2 amide bonds. The molecule has 1 aromatic rings. The highest BCUT2D eigenvalue weighted by molar-refractivity contribution is 6.41. The molecule has 0 fully saturated rings. The minimum Gasteiger partial charge on any atom is -0.388 e. The summed E-state index contributed by atoms with van der Waals surface area (Å²) in [5, 5.41) is 14.8. The number of hydrogen-bond donors (Lipinski definition) is 3. The summed E-state index contributed by atoms with van der Waals surface area (Å²) in [5.74, 6) is -2.42. The Balaban J connectivity index is 2.61. The fourth-order valence-electron chi connectivity index (χ4n) is 1.72. The summed E-state index contributed by atoms with van der Waals surface area (Å²) in [6.45, 7) is 5.32. The van der Waals surface area contributed by atoms with Crippen LogP contribution in [0.3, 0.4) is 0 Å². The highest BCUT2D eigenvalue weighted by atomic mass is 35.5. The quantitative estimate of drug-likeness (QED) is 0.725. The van der Waals surface area contributed by atoms with E-state index in [-0.39, 0.29) is 23.2 Å². The second-order valence-electron chi connectivity index (χ2n) is 5.43. The summed E-state index contributed by atoms with van der Waals surface area (Å²) < 4.78 is 12.9. The molecular weight excluding hydrogens is 311 g/mol. The van der Waals surface area contributed by atoms with E-state index in [1.54, 1.807) is 6.92 Å². The van der Waals surface area contributed by atoms with Gasteiger partial charge >= 0.3 is 11.8 Å².